The zero-order valence-corrected chi connectivity index (χ0v) is 22.4. The zero-order chi connectivity index (χ0) is 31.1. The molecule has 0 aromatic heterocycles. The number of benzene rings is 1. The number of carbonyl (C=O) groups excluding carboxylic acids is 1. The topological polar surface area (TPSA) is 70.1 Å². The van der Waals surface area contributed by atoms with Crippen LogP contribution in [0.3, 0.4) is 0 Å². The van der Waals surface area contributed by atoms with Crippen molar-refractivity contribution in [3.05, 3.63) is 34.9 Å². The maximum atomic E-state index is 13.6. The summed E-state index contributed by atoms with van der Waals surface area (Å²) in [5, 5.41) is 9.75. The van der Waals surface area contributed by atoms with E-state index in [2.05, 4.69) is 4.74 Å². The van der Waals surface area contributed by atoms with Gasteiger partial charge in [0.1, 0.15) is 0 Å². The Morgan fingerprint density at radius 3 is 2.10 bits per heavy atom. The SMILES string of the molecule is O=C(O)C1CCCCC1c1cc(C(F)(F)F)ccc1CN1CCC2(CCN(C(=O)OC(C(F)(F)F)C(F)(F)F)CC2)C1. The summed E-state index contributed by atoms with van der Waals surface area (Å²) in [5.41, 5.74) is -0.291. The third-order valence-electron chi connectivity index (χ3n) is 8.76. The molecule has 2 saturated heterocycles. The molecule has 1 aliphatic carbocycles. The Labute approximate surface area is 235 Å². The number of hydrogen-bond acceptors (Lipinski definition) is 4. The highest BCUT2D eigenvalue weighted by Crippen LogP contribution is 2.45. The van der Waals surface area contributed by atoms with E-state index in [0.717, 1.165) is 17.0 Å². The van der Waals surface area contributed by atoms with E-state index in [9.17, 15) is 54.2 Å². The fraction of sp³-hybridized carbons (Fsp3) is 0.704. The molecule has 0 bridgehead atoms. The lowest BCUT2D eigenvalue weighted by Gasteiger charge is -2.39. The largest absolute Gasteiger partial charge is 0.481 e. The van der Waals surface area contributed by atoms with Gasteiger partial charge in [-0.3, -0.25) is 9.69 Å². The minimum atomic E-state index is -5.81. The molecule has 6 nitrogen and oxygen atoms in total. The number of nitrogens with zero attached hydrogens (tertiary/aromatic N) is 2. The van der Waals surface area contributed by atoms with Crippen molar-refractivity contribution in [3.63, 3.8) is 0 Å². The predicted octanol–water partition coefficient (Wildman–Crippen LogP) is 6.98. The second-order valence-corrected chi connectivity index (χ2v) is 11.5. The van der Waals surface area contributed by atoms with E-state index >= 15 is 0 Å². The van der Waals surface area contributed by atoms with Crippen LogP contribution in [0.5, 0.6) is 0 Å². The van der Waals surface area contributed by atoms with Gasteiger partial charge in [0.15, 0.2) is 0 Å². The molecule has 1 spiro atoms. The van der Waals surface area contributed by atoms with E-state index in [1.54, 1.807) is 0 Å². The fourth-order valence-electron chi connectivity index (χ4n) is 6.53. The highest BCUT2D eigenvalue weighted by atomic mass is 19.4. The lowest BCUT2D eigenvalue weighted by Crippen LogP contribution is -2.50. The number of piperidine rings is 1. The van der Waals surface area contributed by atoms with Crippen LogP contribution in [0.1, 0.15) is 67.6 Å². The van der Waals surface area contributed by atoms with Crippen LogP contribution in [0, 0.1) is 11.3 Å². The second-order valence-electron chi connectivity index (χ2n) is 11.5. The van der Waals surface area contributed by atoms with Gasteiger partial charge >= 0.3 is 30.6 Å². The molecule has 1 amide bonds. The molecule has 3 fully saturated rings. The molecular formula is C27H31F9N2O4. The lowest BCUT2D eigenvalue weighted by atomic mass is 9.74. The van der Waals surface area contributed by atoms with Crippen molar-refractivity contribution >= 4 is 12.1 Å². The molecule has 2 atom stereocenters. The fourth-order valence-corrected chi connectivity index (χ4v) is 6.53. The molecule has 15 heteroatoms. The maximum absolute atomic E-state index is 13.6. The summed E-state index contributed by atoms with van der Waals surface area (Å²) in [7, 11) is 0. The zero-order valence-electron chi connectivity index (χ0n) is 22.4. The first kappa shape index (κ1) is 32.2. The van der Waals surface area contributed by atoms with Crippen LogP contribution >= 0.6 is 0 Å². The number of aliphatic carboxylic acids is 1. The molecule has 3 aliphatic rings. The lowest BCUT2D eigenvalue weighted by molar-refractivity contribution is -0.308. The Balaban J connectivity index is 1.44. The number of likely N-dealkylation sites (tertiary alicyclic amines) is 2. The van der Waals surface area contributed by atoms with Crippen LogP contribution in [0.25, 0.3) is 0 Å². The monoisotopic (exact) mass is 618 g/mol. The van der Waals surface area contributed by atoms with Crippen molar-refractivity contribution in [3.8, 4) is 0 Å². The third kappa shape index (κ3) is 7.25. The van der Waals surface area contributed by atoms with Gasteiger partial charge in [-0.1, -0.05) is 18.9 Å². The Morgan fingerprint density at radius 1 is 0.929 bits per heavy atom. The molecule has 1 saturated carbocycles. The van der Waals surface area contributed by atoms with Gasteiger partial charge in [0.2, 0.25) is 0 Å². The van der Waals surface area contributed by atoms with Crippen molar-refractivity contribution in [1.82, 2.24) is 9.80 Å². The molecular weight excluding hydrogens is 587 g/mol. The van der Waals surface area contributed by atoms with Crippen molar-refractivity contribution in [1.29, 1.82) is 0 Å². The minimum absolute atomic E-state index is 0.108. The van der Waals surface area contributed by atoms with Crippen LogP contribution in [0.2, 0.25) is 0 Å². The molecule has 2 unspecified atom stereocenters. The third-order valence-corrected chi connectivity index (χ3v) is 8.76. The van der Waals surface area contributed by atoms with E-state index in [1.807, 2.05) is 4.90 Å². The Bertz CT molecular complexity index is 1130. The molecule has 1 N–H and O–H groups in total. The van der Waals surface area contributed by atoms with Crippen molar-refractivity contribution < 1.29 is 58.9 Å². The number of ether oxygens (including phenoxy) is 1. The molecule has 42 heavy (non-hydrogen) atoms. The van der Waals surface area contributed by atoms with Crippen molar-refractivity contribution in [2.75, 3.05) is 26.2 Å². The summed E-state index contributed by atoms with van der Waals surface area (Å²) in [6, 6.07) is 3.40. The Morgan fingerprint density at radius 2 is 1.52 bits per heavy atom. The van der Waals surface area contributed by atoms with Gasteiger partial charge in [0.05, 0.1) is 11.5 Å². The number of amides is 1. The smallest absolute Gasteiger partial charge is 0.434 e. The number of alkyl halides is 9. The van der Waals surface area contributed by atoms with Crippen LogP contribution in [-0.2, 0) is 22.3 Å². The van der Waals surface area contributed by atoms with Crippen molar-refractivity contribution in [2.24, 2.45) is 11.3 Å². The van der Waals surface area contributed by atoms with Gasteiger partial charge in [-0.25, -0.2) is 4.79 Å². The molecule has 1 aromatic rings. The van der Waals surface area contributed by atoms with Gasteiger partial charge in [-0.15, -0.1) is 0 Å². The van der Waals surface area contributed by atoms with Gasteiger partial charge in [-0.05, 0) is 73.2 Å². The molecule has 2 aliphatic heterocycles. The van der Waals surface area contributed by atoms with Crippen LogP contribution in [0.4, 0.5) is 44.3 Å². The summed E-state index contributed by atoms with van der Waals surface area (Å²) in [6.45, 7) is 1.02. The van der Waals surface area contributed by atoms with Gasteiger partial charge in [0.25, 0.3) is 6.10 Å². The average Bonchev–Trinajstić information content (AvgIpc) is 3.27. The van der Waals surface area contributed by atoms with E-state index in [1.165, 1.54) is 6.07 Å². The Kier molecular flexibility index (Phi) is 9.02. The van der Waals surface area contributed by atoms with E-state index in [-0.39, 0.29) is 25.0 Å². The summed E-state index contributed by atoms with van der Waals surface area (Å²) < 4.78 is 121. The maximum Gasteiger partial charge on any atom is 0.434 e. The number of carboxylic acid groups (broad SMARTS) is 1. The second kappa shape index (κ2) is 11.8. The molecule has 1 aromatic carbocycles. The summed E-state index contributed by atoms with van der Waals surface area (Å²) in [6.07, 6.45) is -18.8. The average molecular weight is 619 g/mol. The first-order valence-corrected chi connectivity index (χ1v) is 13.6. The van der Waals surface area contributed by atoms with Gasteiger partial charge in [0, 0.05) is 26.2 Å². The Hall–Kier alpha value is -2.71. The highest BCUT2D eigenvalue weighted by molar-refractivity contribution is 5.72. The predicted molar refractivity (Wildman–Crippen MR) is 129 cm³/mol. The summed E-state index contributed by atoms with van der Waals surface area (Å²) in [4.78, 5) is 26.9. The molecule has 4 rings (SSSR count). The number of carboxylic acids is 1. The van der Waals surface area contributed by atoms with E-state index in [4.69, 9.17) is 0 Å². The molecule has 0 radical (unpaired) electrons. The minimum Gasteiger partial charge on any atom is -0.481 e. The molecule has 2 heterocycles. The van der Waals surface area contributed by atoms with E-state index in [0.29, 0.717) is 69.2 Å². The van der Waals surface area contributed by atoms with Crippen LogP contribution in [-0.4, -0.2) is 71.6 Å². The van der Waals surface area contributed by atoms with Gasteiger partial charge < -0.3 is 14.7 Å². The first-order chi connectivity index (χ1) is 19.4. The number of rotatable bonds is 5. The number of halogens is 9. The molecule has 236 valence electrons. The standard InChI is InChI=1S/C27H31F9N2O4/c28-25(29,30)17-6-5-16(20(13-17)18-3-1-2-4-19(18)21(39)40)14-37-10-7-24(15-37)8-11-38(12-9-24)23(41)42-22(26(31,32)33)27(34,35)36/h5-6,13,18-19,22H,1-4,7-12,14-15H2,(H,39,40). The number of carbonyl (C=O) groups is 2. The summed E-state index contributed by atoms with van der Waals surface area (Å²) >= 11 is 0. The van der Waals surface area contributed by atoms with Crippen LogP contribution < -0.4 is 0 Å². The highest BCUT2D eigenvalue weighted by Gasteiger charge is 2.60. The van der Waals surface area contributed by atoms with Crippen molar-refractivity contribution in [2.45, 2.75) is 82.0 Å². The normalized spacial score (nSPS) is 23.9. The number of hydrogen-bond donors (Lipinski definition) is 1. The van der Waals surface area contributed by atoms with Crippen LogP contribution in [0.15, 0.2) is 18.2 Å². The first-order valence-electron chi connectivity index (χ1n) is 13.6. The summed E-state index contributed by atoms with van der Waals surface area (Å²) in [5.74, 6) is -2.42. The van der Waals surface area contributed by atoms with E-state index < -0.39 is 54.1 Å². The quantitative estimate of drug-likeness (QED) is 0.361. The van der Waals surface area contributed by atoms with Gasteiger partial charge in [-0.2, -0.15) is 39.5 Å².